The predicted octanol–water partition coefficient (Wildman–Crippen LogP) is 1.53. The van der Waals surface area contributed by atoms with Gasteiger partial charge in [0.15, 0.2) is 0 Å². The van der Waals surface area contributed by atoms with Gasteiger partial charge in [-0.2, -0.15) is 0 Å². The van der Waals surface area contributed by atoms with Crippen LogP contribution in [0.25, 0.3) is 0 Å². The number of aromatic amines is 1. The summed E-state index contributed by atoms with van der Waals surface area (Å²) in [6.07, 6.45) is 0.688. The summed E-state index contributed by atoms with van der Waals surface area (Å²) in [5.41, 5.74) is 0.737. The maximum atomic E-state index is 12.5. The van der Waals surface area contributed by atoms with Crippen LogP contribution in [0.15, 0.2) is 0 Å². The number of ether oxygens (including phenoxy) is 3. The van der Waals surface area contributed by atoms with E-state index in [2.05, 4.69) is 9.72 Å². The van der Waals surface area contributed by atoms with Gasteiger partial charge in [0.1, 0.15) is 17.6 Å². The average Bonchev–Trinajstić information content (AvgIpc) is 2.89. The lowest BCUT2D eigenvalue weighted by molar-refractivity contribution is -0.141. The van der Waals surface area contributed by atoms with Crippen LogP contribution in [0.5, 0.6) is 0 Å². The van der Waals surface area contributed by atoms with Crippen molar-refractivity contribution in [1.82, 2.24) is 4.98 Å². The van der Waals surface area contributed by atoms with E-state index in [0.717, 1.165) is 0 Å². The van der Waals surface area contributed by atoms with E-state index < -0.39 is 23.5 Å². The summed E-state index contributed by atoms with van der Waals surface area (Å²) in [7, 11) is 2.51. The molecule has 0 aliphatic heterocycles. The summed E-state index contributed by atoms with van der Waals surface area (Å²) < 4.78 is 14.7. The normalized spacial score (nSPS) is 11.0. The predicted molar refractivity (Wildman–Crippen MR) is 91.8 cm³/mol. The SMILES string of the molecule is COC(=O)CCc1c(C(=O)OC(C)(C)C)[nH]c(CC=O)c1CC(=O)OC. The number of H-pyrrole nitrogens is 1. The Kier molecular flexibility index (Phi) is 7.55. The topological polar surface area (TPSA) is 112 Å². The van der Waals surface area contributed by atoms with Gasteiger partial charge in [0.25, 0.3) is 0 Å². The summed E-state index contributed by atoms with van der Waals surface area (Å²) in [4.78, 5) is 49.7. The minimum absolute atomic E-state index is 0.0128. The van der Waals surface area contributed by atoms with Crippen molar-refractivity contribution in [3.05, 3.63) is 22.5 Å². The average molecular weight is 367 g/mol. The van der Waals surface area contributed by atoms with Gasteiger partial charge < -0.3 is 24.0 Å². The van der Waals surface area contributed by atoms with Crippen LogP contribution in [0.4, 0.5) is 0 Å². The number of methoxy groups -OCH3 is 2. The van der Waals surface area contributed by atoms with Gasteiger partial charge in [-0.25, -0.2) is 4.79 Å². The third kappa shape index (κ3) is 6.02. The summed E-state index contributed by atoms with van der Waals surface area (Å²) in [5, 5.41) is 0. The van der Waals surface area contributed by atoms with E-state index in [4.69, 9.17) is 9.47 Å². The Labute approximate surface area is 152 Å². The zero-order valence-electron chi connectivity index (χ0n) is 15.8. The molecular weight excluding hydrogens is 342 g/mol. The maximum absolute atomic E-state index is 12.5. The molecule has 1 heterocycles. The molecule has 8 heteroatoms. The molecule has 1 rings (SSSR count). The lowest BCUT2D eigenvalue weighted by Gasteiger charge is -2.19. The van der Waals surface area contributed by atoms with Crippen molar-refractivity contribution < 1.29 is 33.4 Å². The summed E-state index contributed by atoms with van der Waals surface area (Å²) in [6, 6.07) is 0. The highest BCUT2D eigenvalue weighted by Gasteiger charge is 2.27. The Bertz CT molecular complexity index is 682. The number of nitrogens with one attached hydrogen (secondary N) is 1. The molecule has 1 N–H and O–H groups in total. The molecule has 0 bridgehead atoms. The van der Waals surface area contributed by atoms with Gasteiger partial charge in [-0.15, -0.1) is 0 Å². The van der Waals surface area contributed by atoms with Crippen LogP contribution in [-0.4, -0.2) is 49.0 Å². The standard InChI is InChI=1S/C18H25NO7/c1-18(2,3)26-17(23)16-11(6-7-14(21)24-4)12(10-15(22)25-5)13(19-16)8-9-20/h9,19H,6-8,10H2,1-5H3. The van der Waals surface area contributed by atoms with Crippen molar-refractivity contribution in [2.75, 3.05) is 14.2 Å². The van der Waals surface area contributed by atoms with Crippen LogP contribution in [0.1, 0.15) is 54.5 Å². The highest BCUT2D eigenvalue weighted by atomic mass is 16.6. The zero-order valence-corrected chi connectivity index (χ0v) is 15.8. The first-order chi connectivity index (χ1) is 12.1. The van der Waals surface area contributed by atoms with E-state index in [1.54, 1.807) is 20.8 Å². The number of hydrogen-bond acceptors (Lipinski definition) is 7. The molecule has 0 saturated carbocycles. The second-order valence-electron chi connectivity index (χ2n) is 6.64. The fourth-order valence-electron chi connectivity index (χ4n) is 2.43. The maximum Gasteiger partial charge on any atom is 0.355 e. The fourth-order valence-corrected chi connectivity index (χ4v) is 2.43. The highest BCUT2D eigenvalue weighted by molar-refractivity contribution is 5.91. The van der Waals surface area contributed by atoms with Crippen LogP contribution >= 0.6 is 0 Å². The smallest absolute Gasteiger partial charge is 0.355 e. The molecule has 0 radical (unpaired) electrons. The molecular formula is C18H25NO7. The van der Waals surface area contributed by atoms with Crippen LogP contribution < -0.4 is 0 Å². The third-order valence-electron chi connectivity index (χ3n) is 3.55. The van der Waals surface area contributed by atoms with Gasteiger partial charge in [-0.1, -0.05) is 0 Å². The molecule has 0 unspecified atom stereocenters. The Morgan fingerprint density at radius 1 is 1.04 bits per heavy atom. The second kappa shape index (κ2) is 9.17. The number of carbonyl (C=O) groups is 4. The van der Waals surface area contributed by atoms with Crippen LogP contribution in [0.3, 0.4) is 0 Å². The first kappa shape index (κ1) is 21.4. The molecule has 0 spiro atoms. The second-order valence-corrected chi connectivity index (χ2v) is 6.64. The van der Waals surface area contributed by atoms with E-state index >= 15 is 0 Å². The Morgan fingerprint density at radius 2 is 1.65 bits per heavy atom. The van der Waals surface area contributed by atoms with Crippen LogP contribution in [-0.2, 0) is 47.9 Å². The number of rotatable bonds is 8. The van der Waals surface area contributed by atoms with E-state index in [0.29, 0.717) is 23.1 Å². The first-order valence-corrected chi connectivity index (χ1v) is 8.16. The molecule has 0 saturated heterocycles. The molecule has 8 nitrogen and oxygen atoms in total. The van der Waals surface area contributed by atoms with Crippen molar-refractivity contribution in [3.63, 3.8) is 0 Å². The number of aromatic nitrogens is 1. The summed E-state index contributed by atoms with van der Waals surface area (Å²) >= 11 is 0. The molecule has 144 valence electrons. The molecule has 0 aromatic carbocycles. The van der Waals surface area contributed by atoms with Crippen molar-refractivity contribution in [3.8, 4) is 0 Å². The molecule has 0 amide bonds. The van der Waals surface area contributed by atoms with Crippen molar-refractivity contribution in [1.29, 1.82) is 0 Å². The number of carbonyl (C=O) groups excluding carboxylic acids is 4. The Hall–Kier alpha value is -2.64. The van der Waals surface area contributed by atoms with Crippen LogP contribution in [0, 0.1) is 0 Å². The molecule has 26 heavy (non-hydrogen) atoms. The summed E-state index contributed by atoms with van der Waals surface area (Å²) in [5.74, 6) is -1.60. The number of aldehydes is 1. The Balaban J connectivity index is 3.37. The quantitative estimate of drug-likeness (QED) is 0.421. The lowest BCUT2D eigenvalue weighted by atomic mass is 9.99. The van der Waals surface area contributed by atoms with Gasteiger partial charge in [-0.05, 0) is 38.3 Å². The van der Waals surface area contributed by atoms with E-state index in [-0.39, 0.29) is 31.4 Å². The minimum Gasteiger partial charge on any atom is -0.469 e. The number of hydrogen-bond donors (Lipinski definition) is 1. The van der Waals surface area contributed by atoms with Crippen molar-refractivity contribution in [2.24, 2.45) is 0 Å². The summed E-state index contributed by atoms with van der Waals surface area (Å²) in [6.45, 7) is 5.18. The molecule has 1 aromatic heterocycles. The Morgan fingerprint density at radius 3 is 2.15 bits per heavy atom. The van der Waals surface area contributed by atoms with E-state index in [1.165, 1.54) is 14.2 Å². The molecule has 0 fully saturated rings. The third-order valence-corrected chi connectivity index (χ3v) is 3.55. The van der Waals surface area contributed by atoms with E-state index in [1.807, 2.05) is 0 Å². The van der Waals surface area contributed by atoms with E-state index in [9.17, 15) is 19.2 Å². The fraction of sp³-hybridized carbons (Fsp3) is 0.556. The first-order valence-electron chi connectivity index (χ1n) is 8.16. The zero-order chi connectivity index (χ0) is 19.9. The molecule has 0 aliphatic rings. The molecule has 0 atom stereocenters. The van der Waals surface area contributed by atoms with Crippen LogP contribution in [0.2, 0.25) is 0 Å². The van der Waals surface area contributed by atoms with Gasteiger partial charge in [-0.3, -0.25) is 9.59 Å². The van der Waals surface area contributed by atoms with Gasteiger partial charge in [0.05, 0.1) is 20.6 Å². The van der Waals surface area contributed by atoms with Crippen molar-refractivity contribution in [2.45, 2.75) is 52.1 Å². The highest BCUT2D eigenvalue weighted by Crippen LogP contribution is 2.25. The van der Waals surface area contributed by atoms with Gasteiger partial charge in [0, 0.05) is 18.5 Å². The molecule has 1 aromatic rings. The van der Waals surface area contributed by atoms with Crippen molar-refractivity contribution >= 4 is 24.2 Å². The van der Waals surface area contributed by atoms with Gasteiger partial charge in [0.2, 0.25) is 0 Å². The minimum atomic E-state index is -0.727. The largest absolute Gasteiger partial charge is 0.469 e. The molecule has 0 aliphatic carbocycles. The van der Waals surface area contributed by atoms with Gasteiger partial charge >= 0.3 is 17.9 Å². The number of esters is 3. The lowest BCUT2D eigenvalue weighted by Crippen LogP contribution is -2.25. The monoisotopic (exact) mass is 367 g/mol.